The zero-order valence-corrected chi connectivity index (χ0v) is 11.6. The summed E-state index contributed by atoms with van der Waals surface area (Å²) in [6, 6.07) is 18.6. The van der Waals surface area contributed by atoms with Gasteiger partial charge in [-0.1, -0.05) is 30.3 Å². The molecule has 0 aliphatic carbocycles. The molecule has 0 aliphatic rings. The highest BCUT2D eigenvalue weighted by molar-refractivity contribution is 5.76. The number of carbonyl (C=O) groups is 1. The number of nitrogens with one attached hydrogen (secondary N) is 1. The van der Waals surface area contributed by atoms with Gasteiger partial charge >= 0.3 is 0 Å². The first kappa shape index (κ1) is 14.6. The van der Waals surface area contributed by atoms with E-state index in [4.69, 9.17) is 10.00 Å². The van der Waals surface area contributed by atoms with Crippen LogP contribution in [0.3, 0.4) is 0 Å². The van der Waals surface area contributed by atoms with E-state index in [0.717, 1.165) is 11.3 Å². The molecule has 0 unspecified atom stereocenters. The molecule has 0 saturated heterocycles. The second-order valence-corrected chi connectivity index (χ2v) is 4.50. The Morgan fingerprint density at radius 1 is 1.10 bits per heavy atom. The normalized spacial score (nSPS) is 9.67. The number of para-hydroxylation sites is 1. The van der Waals surface area contributed by atoms with Gasteiger partial charge in [-0.05, 0) is 29.8 Å². The van der Waals surface area contributed by atoms with Crippen LogP contribution in [0.15, 0.2) is 54.6 Å². The molecule has 1 amide bonds. The summed E-state index contributed by atoms with van der Waals surface area (Å²) in [7, 11) is 0. The van der Waals surface area contributed by atoms with Gasteiger partial charge in [-0.15, -0.1) is 0 Å². The van der Waals surface area contributed by atoms with Crippen LogP contribution in [0.5, 0.6) is 5.75 Å². The van der Waals surface area contributed by atoms with E-state index < -0.39 is 0 Å². The number of rotatable bonds is 6. The van der Waals surface area contributed by atoms with Crippen LogP contribution in [-0.4, -0.2) is 12.5 Å². The predicted octanol–water partition coefficient (Wildman–Crippen LogP) is 2.64. The average molecular weight is 280 g/mol. The van der Waals surface area contributed by atoms with Crippen LogP contribution in [0.25, 0.3) is 0 Å². The van der Waals surface area contributed by atoms with Crippen molar-refractivity contribution in [3.63, 3.8) is 0 Å². The number of hydrogen-bond donors (Lipinski definition) is 1. The molecule has 0 bridgehead atoms. The van der Waals surface area contributed by atoms with Crippen LogP contribution in [-0.2, 0) is 11.3 Å². The van der Waals surface area contributed by atoms with E-state index >= 15 is 0 Å². The van der Waals surface area contributed by atoms with Crippen molar-refractivity contribution in [3.05, 3.63) is 65.7 Å². The summed E-state index contributed by atoms with van der Waals surface area (Å²) in [5.74, 6) is 0.702. The molecule has 2 aromatic carbocycles. The Bertz CT molecular complexity index is 615. The van der Waals surface area contributed by atoms with E-state index in [1.165, 1.54) is 0 Å². The summed E-state index contributed by atoms with van der Waals surface area (Å²) in [6.07, 6.45) is 0.311. The SMILES string of the molecule is N#Cc1ccc(CNC(=O)CCOc2ccccc2)cc1. The molecule has 1 N–H and O–H groups in total. The average Bonchev–Trinajstić information content (AvgIpc) is 2.54. The van der Waals surface area contributed by atoms with Crippen molar-refractivity contribution < 1.29 is 9.53 Å². The number of ether oxygens (including phenoxy) is 1. The van der Waals surface area contributed by atoms with Crippen molar-refractivity contribution in [2.24, 2.45) is 0 Å². The van der Waals surface area contributed by atoms with Crippen molar-refractivity contribution in [3.8, 4) is 11.8 Å². The Hall–Kier alpha value is -2.80. The van der Waals surface area contributed by atoms with Gasteiger partial charge in [-0.2, -0.15) is 5.26 Å². The van der Waals surface area contributed by atoms with E-state index in [0.29, 0.717) is 25.1 Å². The fourth-order valence-electron chi connectivity index (χ4n) is 1.76. The van der Waals surface area contributed by atoms with Crippen molar-refractivity contribution in [2.45, 2.75) is 13.0 Å². The number of carbonyl (C=O) groups excluding carboxylic acids is 1. The summed E-state index contributed by atoms with van der Waals surface area (Å²) in [5, 5.41) is 11.5. The first-order valence-corrected chi connectivity index (χ1v) is 6.71. The molecule has 0 spiro atoms. The molecule has 0 fully saturated rings. The topological polar surface area (TPSA) is 62.1 Å². The van der Waals surface area contributed by atoms with E-state index in [1.807, 2.05) is 42.5 Å². The number of hydrogen-bond acceptors (Lipinski definition) is 3. The Labute approximate surface area is 124 Å². The van der Waals surface area contributed by atoms with Gasteiger partial charge in [0.2, 0.25) is 5.91 Å². The summed E-state index contributed by atoms with van der Waals surface area (Å²) < 4.78 is 5.46. The monoisotopic (exact) mass is 280 g/mol. The molecule has 4 heteroatoms. The molecule has 4 nitrogen and oxygen atoms in total. The maximum atomic E-state index is 11.7. The number of amides is 1. The molecular formula is C17H16N2O2. The predicted molar refractivity (Wildman–Crippen MR) is 79.6 cm³/mol. The van der Waals surface area contributed by atoms with E-state index in [2.05, 4.69) is 11.4 Å². The maximum absolute atomic E-state index is 11.7. The molecule has 0 aliphatic heterocycles. The number of nitriles is 1. The third-order valence-corrected chi connectivity index (χ3v) is 2.91. The summed E-state index contributed by atoms with van der Waals surface area (Å²) in [4.78, 5) is 11.7. The molecule has 0 radical (unpaired) electrons. The fourth-order valence-corrected chi connectivity index (χ4v) is 1.76. The largest absolute Gasteiger partial charge is 0.493 e. The second kappa shape index (κ2) is 7.71. The van der Waals surface area contributed by atoms with Crippen LogP contribution in [0.2, 0.25) is 0 Å². The number of benzene rings is 2. The highest BCUT2D eigenvalue weighted by Crippen LogP contribution is 2.08. The molecule has 0 atom stereocenters. The number of nitrogens with zero attached hydrogens (tertiary/aromatic N) is 1. The van der Waals surface area contributed by atoms with Gasteiger partial charge in [0.15, 0.2) is 0 Å². The lowest BCUT2D eigenvalue weighted by atomic mass is 10.1. The lowest BCUT2D eigenvalue weighted by Crippen LogP contribution is -2.24. The smallest absolute Gasteiger partial charge is 0.223 e. The lowest BCUT2D eigenvalue weighted by Gasteiger charge is -2.07. The lowest BCUT2D eigenvalue weighted by molar-refractivity contribution is -0.121. The first-order chi connectivity index (χ1) is 10.3. The van der Waals surface area contributed by atoms with Gasteiger partial charge in [0.1, 0.15) is 5.75 Å². The highest BCUT2D eigenvalue weighted by Gasteiger charge is 2.02. The minimum absolute atomic E-state index is 0.0599. The van der Waals surface area contributed by atoms with Crippen molar-refractivity contribution in [2.75, 3.05) is 6.61 Å². The van der Waals surface area contributed by atoms with Gasteiger partial charge in [0.05, 0.1) is 24.7 Å². The molecule has 0 heterocycles. The zero-order valence-electron chi connectivity index (χ0n) is 11.6. The van der Waals surface area contributed by atoms with Gasteiger partial charge in [0.25, 0.3) is 0 Å². The van der Waals surface area contributed by atoms with Crippen molar-refractivity contribution in [1.29, 1.82) is 5.26 Å². The van der Waals surface area contributed by atoms with Crippen LogP contribution < -0.4 is 10.1 Å². The maximum Gasteiger partial charge on any atom is 0.223 e. The Kier molecular flexibility index (Phi) is 5.36. The molecule has 106 valence electrons. The molecular weight excluding hydrogens is 264 g/mol. The minimum atomic E-state index is -0.0599. The van der Waals surface area contributed by atoms with Gasteiger partial charge in [0, 0.05) is 6.54 Å². The summed E-state index contributed by atoms with van der Waals surface area (Å²) >= 11 is 0. The third kappa shape index (κ3) is 5.00. The van der Waals surface area contributed by atoms with Crippen molar-refractivity contribution >= 4 is 5.91 Å². The second-order valence-electron chi connectivity index (χ2n) is 4.50. The summed E-state index contributed by atoms with van der Waals surface area (Å²) in [6.45, 7) is 0.805. The van der Waals surface area contributed by atoms with Crippen LogP contribution in [0.4, 0.5) is 0 Å². The van der Waals surface area contributed by atoms with Crippen LogP contribution in [0.1, 0.15) is 17.5 Å². The fraction of sp³-hybridized carbons (Fsp3) is 0.176. The van der Waals surface area contributed by atoms with Gasteiger partial charge in [-0.3, -0.25) is 4.79 Å². The zero-order chi connectivity index (χ0) is 14.9. The molecule has 2 aromatic rings. The molecule has 0 aromatic heterocycles. The molecule has 21 heavy (non-hydrogen) atoms. The van der Waals surface area contributed by atoms with E-state index in [9.17, 15) is 4.79 Å². The quantitative estimate of drug-likeness (QED) is 0.884. The third-order valence-electron chi connectivity index (χ3n) is 2.91. The van der Waals surface area contributed by atoms with Crippen LogP contribution in [0, 0.1) is 11.3 Å². The summed E-state index contributed by atoms with van der Waals surface area (Å²) in [5.41, 5.74) is 1.58. The minimum Gasteiger partial charge on any atom is -0.493 e. The Balaban J connectivity index is 1.68. The first-order valence-electron chi connectivity index (χ1n) is 6.71. The van der Waals surface area contributed by atoms with Gasteiger partial charge < -0.3 is 10.1 Å². The Morgan fingerprint density at radius 2 is 1.81 bits per heavy atom. The van der Waals surface area contributed by atoms with Crippen molar-refractivity contribution in [1.82, 2.24) is 5.32 Å². The van der Waals surface area contributed by atoms with Gasteiger partial charge in [-0.25, -0.2) is 0 Å². The van der Waals surface area contributed by atoms with Crippen LogP contribution >= 0.6 is 0 Å². The molecule has 0 saturated carbocycles. The highest BCUT2D eigenvalue weighted by atomic mass is 16.5. The molecule has 2 rings (SSSR count). The standard InChI is InChI=1S/C17H16N2O2/c18-12-14-6-8-15(9-7-14)13-19-17(20)10-11-21-16-4-2-1-3-5-16/h1-9H,10-11,13H2,(H,19,20). The van der Waals surface area contributed by atoms with E-state index in [-0.39, 0.29) is 5.91 Å². The van der Waals surface area contributed by atoms with E-state index in [1.54, 1.807) is 12.1 Å². The Morgan fingerprint density at radius 3 is 2.48 bits per heavy atom.